The lowest BCUT2D eigenvalue weighted by Gasteiger charge is -2.16. The summed E-state index contributed by atoms with van der Waals surface area (Å²) in [6, 6.07) is 0.283. The molecule has 0 unspecified atom stereocenters. The van der Waals surface area contributed by atoms with Crippen molar-refractivity contribution in [3.63, 3.8) is 0 Å². The van der Waals surface area contributed by atoms with Gasteiger partial charge in [0.15, 0.2) is 0 Å². The minimum atomic E-state index is -1.13. The maximum Gasteiger partial charge on any atom is 0.322 e. The lowest BCUT2D eigenvalue weighted by atomic mass is 10.0. The number of unbranched alkanes of at least 4 members (excludes halogenated alkanes) is 1. The fraction of sp³-hybridized carbons (Fsp3) is 0.714. The second-order valence-corrected chi connectivity index (χ2v) is 7.09. The highest BCUT2D eigenvalue weighted by Crippen LogP contribution is 2.33. The first-order valence-electron chi connectivity index (χ1n) is 7.89. The van der Waals surface area contributed by atoms with E-state index in [1.54, 1.807) is 0 Å². The van der Waals surface area contributed by atoms with E-state index in [0.29, 0.717) is 18.1 Å². The molecule has 0 aromatic carbocycles. The first-order valence-corrected chi connectivity index (χ1v) is 8.94. The van der Waals surface area contributed by atoms with Crippen molar-refractivity contribution >= 4 is 35.6 Å². The van der Waals surface area contributed by atoms with Crippen LogP contribution >= 0.6 is 11.8 Å². The fourth-order valence-electron chi connectivity index (χ4n) is 2.78. The number of hydrogen-bond donors (Lipinski definition) is 5. The molecule has 0 aromatic heterocycles. The van der Waals surface area contributed by atoms with Gasteiger partial charge in [-0.05, 0) is 12.8 Å². The standard InChI is InChI=1S/C14H22N4O5S/c19-10(15-5-11(20)16-6-12(21)22)4-2-1-3-9-13-8(7-24-9)17-14(23)18-13/h8-9,13H,1-7H2,(H,15,19)(H,16,20)(H,21,22)(H2,17,18,23)/t8-,9-,13-/m0/s1. The van der Waals surface area contributed by atoms with Crippen LogP contribution in [0.1, 0.15) is 25.7 Å². The van der Waals surface area contributed by atoms with Crippen molar-refractivity contribution in [1.82, 2.24) is 21.3 Å². The summed E-state index contributed by atoms with van der Waals surface area (Å²) in [5.74, 6) is -0.966. The van der Waals surface area contributed by atoms with Crippen LogP contribution in [-0.2, 0) is 14.4 Å². The Bertz CT molecular complexity index is 515. The third-order valence-corrected chi connectivity index (χ3v) is 5.47. The lowest BCUT2D eigenvalue weighted by Crippen LogP contribution is -2.39. The molecule has 0 bridgehead atoms. The van der Waals surface area contributed by atoms with E-state index in [4.69, 9.17) is 5.11 Å². The molecule has 9 nitrogen and oxygen atoms in total. The van der Waals surface area contributed by atoms with E-state index in [0.717, 1.165) is 18.6 Å². The van der Waals surface area contributed by atoms with Gasteiger partial charge < -0.3 is 26.4 Å². The van der Waals surface area contributed by atoms with Crippen molar-refractivity contribution in [2.45, 2.75) is 43.0 Å². The number of carboxylic acid groups (broad SMARTS) is 1. The van der Waals surface area contributed by atoms with Gasteiger partial charge in [0.05, 0.1) is 18.6 Å². The van der Waals surface area contributed by atoms with E-state index in [1.807, 2.05) is 11.8 Å². The number of carboxylic acids is 1. The molecular formula is C14H22N4O5S. The molecule has 2 rings (SSSR count). The third kappa shape index (κ3) is 5.59. The number of nitrogens with one attached hydrogen (secondary N) is 4. The Morgan fingerprint density at radius 3 is 2.62 bits per heavy atom. The molecule has 0 aliphatic carbocycles. The number of urea groups is 1. The number of amides is 4. The average Bonchev–Trinajstić information content (AvgIpc) is 3.07. The van der Waals surface area contributed by atoms with Gasteiger partial charge in [-0.2, -0.15) is 11.8 Å². The molecule has 2 fully saturated rings. The van der Waals surface area contributed by atoms with E-state index < -0.39 is 18.4 Å². The predicted molar refractivity (Wildman–Crippen MR) is 87.6 cm³/mol. The van der Waals surface area contributed by atoms with Gasteiger partial charge in [0, 0.05) is 17.4 Å². The topological polar surface area (TPSA) is 137 Å². The Morgan fingerprint density at radius 1 is 1.12 bits per heavy atom. The Morgan fingerprint density at radius 2 is 1.88 bits per heavy atom. The number of fused-ring (bicyclic) bond motifs is 1. The van der Waals surface area contributed by atoms with Crippen molar-refractivity contribution in [3.05, 3.63) is 0 Å². The van der Waals surface area contributed by atoms with Crippen LogP contribution in [0.15, 0.2) is 0 Å². The summed E-state index contributed by atoms with van der Waals surface area (Å²) in [7, 11) is 0. The molecular weight excluding hydrogens is 336 g/mol. The molecule has 0 radical (unpaired) electrons. The normalized spacial score (nSPS) is 24.7. The lowest BCUT2D eigenvalue weighted by molar-refractivity contribution is -0.137. The van der Waals surface area contributed by atoms with Crippen LogP contribution in [0.5, 0.6) is 0 Å². The predicted octanol–water partition coefficient (Wildman–Crippen LogP) is -0.971. The third-order valence-electron chi connectivity index (χ3n) is 3.96. The molecule has 0 saturated carbocycles. The number of thioether (sulfide) groups is 1. The van der Waals surface area contributed by atoms with Crippen LogP contribution in [0, 0.1) is 0 Å². The van der Waals surface area contributed by atoms with E-state index >= 15 is 0 Å². The van der Waals surface area contributed by atoms with Crippen molar-refractivity contribution in [3.8, 4) is 0 Å². The molecule has 0 aromatic rings. The minimum Gasteiger partial charge on any atom is -0.480 e. The van der Waals surface area contributed by atoms with Crippen molar-refractivity contribution in [1.29, 1.82) is 0 Å². The highest BCUT2D eigenvalue weighted by Gasteiger charge is 2.42. The molecule has 3 atom stereocenters. The van der Waals surface area contributed by atoms with Crippen LogP contribution in [0.3, 0.4) is 0 Å². The quantitative estimate of drug-likeness (QED) is 0.266. The largest absolute Gasteiger partial charge is 0.480 e. The molecule has 5 N–H and O–H groups in total. The van der Waals surface area contributed by atoms with Crippen LogP contribution in [0.4, 0.5) is 4.79 Å². The van der Waals surface area contributed by atoms with Gasteiger partial charge in [0.25, 0.3) is 0 Å². The Balaban J connectivity index is 1.53. The Labute approximate surface area is 143 Å². The van der Waals surface area contributed by atoms with Crippen LogP contribution in [0.25, 0.3) is 0 Å². The summed E-state index contributed by atoms with van der Waals surface area (Å²) >= 11 is 1.84. The van der Waals surface area contributed by atoms with Crippen molar-refractivity contribution < 1.29 is 24.3 Å². The van der Waals surface area contributed by atoms with Gasteiger partial charge in [0.1, 0.15) is 6.54 Å². The molecule has 10 heteroatoms. The van der Waals surface area contributed by atoms with E-state index in [1.165, 1.54) is 0 Å². The first kappa shape index (κ1) is 18.4. The number of hydrogen-bond acceptors (Lipinski definition) is 5. The van der Waals surface area contributed by atoms with Crippen molar-refractivity contribution in [2.24, 2.45) is 0 Å². The zero-order chi connectivity index (χ0) is 17.5. The monoisotopic (exact) mass is 358 g/mol. The van der Waals surface area contributed by atoms with Gasteiger partial charge >= 0.3 is 12.0 Å². The van der Waals surface area contributed by atoms with Crippen LogP contribution in [-0.4, -0.2) is 65.1 Å². The molecule has 2 aliphatic rings. The SMILES string of the molecule is O=C(O)CNC(=O)CNC(=O)CCCC[C@@H]1SC[C@@H]2NC(=O)N[C@@H]21. The van der Waals surface area contributed by atoms with Crippen LogP contribution in [0.2, 0.25) is 0 Å². The molecule has 24 heavy (non-hydrogen) atoms. The summed E-state index contributed by atoms with van der Waals surface area (Å²) in [5.41, 5.74) is 0. The summed E-state index contributed by atoms with van der Waals surface area (Å²) < 4.78 is 0. The minimum absolute atomic E-state index is 0.101. The Kier molecular flexibility index (Phi) is 6.71. The zero-order valence-corrected chi connectivity index (χ0v) is 14.0. The molecule has 0 spiro atoms. The van der Waals surface area contributed by atoms with Gasteiger partial charge in [-0.1, -0.05) is 6.42 Å². The molecule has 2 aliphatic heterocycles. The number of carbonyl (C=O) groups is 4. The Hall–Kier alpha value is -1.97. The summed E-state index contributed by atoms with van der Waals surface area (Å²) in [4.78, 5) is 44.4. The summed E-state index contributed by atoms with van der Waals surface area (Å²) in [6.45, 7) is -0.673. The number of aliphatic carboxylic acids is 1. The summed E-state index contributed by atoms with van der Waals surface area (Å²) in [6.07, 6.45) is 2.83. The second-order valence-electron chi connectivity index (χ2n) is 5.81. The van der Waals surface area contributed by atoms with Crippen LogP contribution < -0.4 is 21.3 Å². The molecule has 2 saturated heterocycles. The van der Waals surface area contributed by atoms with E-state index in [2.05, 4.69) is 21.3 Å². The average molecular weight is 358 g/mol. The molecule has 4 amide bonds. The van der Waals surface area contributed by atoms with Gasteiger partial charge in [-0.25, -0.2) is 4.79 Å². The van der Waals surface area contributed by atoms with Gasteiger partial charge in [-0.15, -0.1) is 0 Å². The molecule has 134 valence electrons. The second kappa shape index (κ2) is 8.76. The number of rotatable bonds is 9. The number of carbonyl (C=O) groups excluding carboxylic acids is 3. The van der Waals surface area contributed by atoms with E-state index in [9.17, 15) is 19.2 Å². The summed E-state index contributed by atoms with van der Waals surface area (Å²) in [5, 5.41) is 19.2. The molecule has 2 heterocycles. The van der Waals surface area contributed by atoms with Crippen molar-refractivity contribution in [2.75, 3.05) is 18.8 Å². The first-order chi connectivity index (χ1) is 11.5. The maximum atomic E-state index is 11.6. The smallest absolute Gasteiger partial charge is 0.322 e. The fourth-order valence-corrected chi connectivity index (χ4v) is 4.32. The van der Waals surface area contributed by atoms with Gasteiger partial charge in [-0.3, -0.25) is 14.4 Å². The maximum absolute atomic E-state index is 11.6. The van der Waals surface area contributed by atoms with E-state index in [-0.39, 0.29) is 30.6 Å². The highest BCUT2D eigenvalue weighted by molar-refractivity contribution is 8.00. The highest BCUT2D eigenvalue weighted by atomic mass is 32.2. The van der Waals surface area contributed by atoms with Gasteiger partial charge in [0.2, 0.25) is 11.8 Å². The zero-order valence-electron chi connectivity index (χ0n) is 13.2.